The molecule has 0 atom stereocenters. The van der Waals surface area contributed by atoms with Gasteiger partial charge in [-0.15, -0.1) is 0 Å². The van der Waals surface area contributed by atoms with Crippen LogP contribution in [0.25, 0.3) is 0 Å². The summed E-state index contributed by atoms with van der Waals surface area (Å²) < 4.78 is 0. The molecule has 1 aromatic rings. The number of hydrogen-bond donors (Lipinski definition) is 1. The van der Waals surface area contributed by atoms with E-state index in [1.807, 2.05) is 0 Å². The number of aromatic nitrogens is 1. The van der Waals surface area contributed by atoms with Crippen LogP contribution in [0.3, 0.4) is 0 Å². The van der Waals surface area contributed by atoms with Crippen LogP contribution in [0.1, 0.15) is 30.1 Å². The van der Waals surface area contributed by atoms with Crippen LogP contribution in [0.5, 0.6) is 0 Å². The molecule has 5 heteroatoms. The lowest BCUT2D eigenvalue weighted by molar-refractivity contribution is 0.0913. The van der Waals surface area contributed by atoms with Crippen molar-refractivity contribution in [1.82, 2.24) is 15.2 Å². The van der Waals surface area contributed by atoms with Gasteiger partial charge in [-0.05, 0) is 25.5 Å². The van der Waals surface area contributed by atoms with E-state index in [2.05, 4.69) is 22.1 Å². The van der Waals surface area contributed by atoms with E-state index in [1.54, 1.807) is 12.3 Å². The Kier molecular flexibility index (Phi) is 4.55. The largest absolute Gasteiger partial charge is 0.349 e. The molecule has 0 saturated carbocycles. The second-order valence-electron chi connectivity index (χ2n) is 4.54. The first-order chi connectivity index (χ1) is 8.70. The minimum absolute atomic E-state index is 0.0997. The molecule has 2 rings (SSSR count). The van der Waals surface area contributed by atoms with Gasteiger partial charge in [0.1, 0.15) is 0 Å². The first kappa shape index (κ1) is 13.3. The normalized spacial score (nSPS) is 17.7. The van der Waals surface area contributed by atoms with Crippen LogP contribution in [-0.2, 0) is 0 Å². The van der Waals surface area contributed by atoms with Crippen molar-refractivity contribution < 1.29 is 4.79 Å². The van der Waals surface area contributed by atoms with Gasteiger partial charge in [0.25, 0.3) is 5.91 Å². The third-order valence-electron chi connectivity index (χ3n) is 3.39. The molecular formula is C13H18ClN3O. The molecule has 4 nitrogen and oxygen atoms in total. The maximum absolute atomic E-state index is 12.0. The highest BCUT2D eigenvalue weighted by molar-refractivity contribution is 6.33. The number of rotatable bonds is 3. The Morgan fingerprint density at radius 1 is 1.56 bits per heavy atom. The number of piperidine rings is 1. The number of likely N-dealkylation sites (tertiary alicyclic amines) is 1. The molecule has 0 bridgehead atoms. The van der Waals surface area contributed by atoms with Crippen molar-refractivity contribution in [2.45, 2.75) is 25.8 Å². The maximum atomic E-state index is 12.0. The Hall–Kier alpha value is -1.13. The minimum atomic E-state index is -0.0997. The number of carbonyl (C=O) groups excluding carboxylic acids is 1. The van der Waals surface area contributed by atoms with E-state index in [0.29, 0.717) is 10.6 Å². The molecule has 1 N–H and O–H groups in total. The number of amides is 1. The third-order valence-corrected chi connectivity index (χ3v) is 3.69. The molecule has 1 fully saturated rings. The van der Waals surface area contributed by atoms with Gasteiger partial charge in [0.2, 0.25) is 0 Å². The number of nitrogens with one attached hydrogen (secondary N) is 1. The first-order valence-electron chi connectivity index (χ1n) is 6.33. The van der Waals surface area contributed by atoms with Crippen molar-refractivity contribution in [2.24, 2.45) is 0 Å². The number of nitrogens with zero attached hydrogens (tertiary/aromatic N) is 2. The molecule has 0 spiro atoms. The van der Waals surface area contributed by atoms with E-state index >= 15 is 0 Å². The van der Waals surface area contributed by atoms with Crippen molar-refractivity contribution in [2.75, 3.05) is 19.6 Å². The standard InChI is InChI=1S/C13H18ClN3O/c1-2-17-7-4-10(5-8-17)16-13(18)11-3-6-15-9-12(11)14/h3,6,9-10H,2,4-5,7-8H2,1H3,(H,16,18). The van der Waals surface area contributed by atoms with Crippen LogP contribution < -0.4 is 5.32 Å². The SMILES string of the molecule is CCN1CCC(NC(=O)c2ccncc2Cl)CC1. The van der Waals surface area contributed by atoms with Gasteiger partial charge in [-0.3, -0.25) is 9.78 Å². The number of halogens is 1. The summed E-state index contributed by atoms with van der Waals surface area (Å²) in [5.41, 5.74) is 0.504. The van der Waals surface area contributed by atoms with E-state index in [9.17, 15) is 4.79 Å². The highest BCUT2D eigenvalue weighted by Gasteiger charge is 2.20. The molecule has 2 heterocycles. The molecule has 0 unspecified atom stereocenters. The zero-order valence-corrected chi connectivity index (χ0v) is 11.3. The molecule has 0 aromatic carbocycles. The van der Waals surface area contributed by atoms with Crippen LogP contribution >= 0.6 is 11.6 Å². The second-order valence-corrected chi connectivity index (χ2v) is 4.94. The lowest BCUT2D eigenvalue weighted by atomic mass is 10.0. The lowest BCUT2D eigenvalue weighted by Crippen LogP contribution is -2.44. The lowest BCUT2D eigenvalue weighted by Gasteiger charge is -2.31. The summed E-state index contributed by atoms with van der Waals surface area (Å²) in [5, 5.41) is 3.45. The van der Waals surface area contributed by atoms with Gasteiger partial charge in [-0.2, -0.15) is 0 Å². The Morgan fingerprint density at radius 3 is 2.89 bits per heavy atom. The number of pyridine rings is 1. The summed E-state index contributed by atoms with van der Waals surface area (Å²) in [6, 6.07) is 1.91. The van der Waals surface area contributed by atoms with Crippen molar-refractivity contribution in [1.29, 1.82) is 0 Å². The van der Waals surface area contributed by atoms with Gasteiger partial charge in [-0.25, -0.2) is 0 Å². The zero-order chi connectivity index (χ0) is 13.0. The Balaban J connectivity index is 1.91. The molecule has 1 aliphatic rings. The average molecular weight is 268 g/mol. The molecule has 1 saturated heterocycles. The van der Waals surface area contributed by atoms with E-state index in [-0.39, 0.29) is 11.9 Å². The second kappa shape index (κ2) is 6.16. The maximum Gasteiger partial charge on any atom is 0.253 e. The average Bonchev–Trinajstić information content (AvgIpc) is 2.40. The highest BCUT2D eigenvalue weighted by Crippen LogP contribution is 2.15. The summed E-state index contributed by atoms with van der Waals surface area (Å²) in [6.45, 7) is 5.34. The third kappa shape index (κ3) is 3.21. The zero-order valence-electron chi connectivity index (χ0n) is 10.5. The summed E-state index contributed by atoms with van der Waals surface area (Å²) >= 11 is 5.95. The van der Waals surface area contributed by atoms with Gasteiger partial charge >= 0.3 is 0 Å². The van der Waals surface area contributed by atoms with Gasteiger partial charge in [0.05, 0.1) is 10.6 Å². The quantitative estimate of drug-likeness (QED) is 0.911. The van der Waals surface area contributed by atoms with E-state index in [1.165, 1.54) is 6.20 Å². The van der Waals surface area contributed by atoms with Crippen LogP contribution in [-0.4, -0.2) is 41.5 Å². The molecular weight excluding hydrogens is 250 g/mol. The van der Waals surface area contributed by atoms with Gasteiger partial charge in [-0.1, -0.05) is 18.5 Å². The van der Waals surface area contributed by atoms with Gasteiger partial charge in [0, 0.05) is 31.5 Å². The highest BCUT2D eigenvalue weighted by atomic mass is 35.5. The summed E-state index contributed by atoms with van der Waals surface area (Å²) in [6.07, 6.45) is 5.08. The fourth-order valence-electron chi connectivity index (χ4n) is 2.22. The molecule has 18 heavy (non-hydrogen) atoms. The summed E-state index contributed by atoms with van der Waals surface area (Å²) in [5.74, 6) is -0.0997. The Labute approximate surface area is 112 Å². The summed E-state index contributed by atoms with van der Waals surface area (Å²) in [7, 11) is 0. The molecule has 0 radical (unpaired) electrons. The van der Waals surface area contributed by atoms with E-state index in [0.717, 1.165) is 32.5 Å². The topological polar surface area (TPSA) is 45.2 Å². The van der Waals surface area contributed by atoms with E-state index in [4.69, 9.17) is 11.6 Å². The molecule has 1 amide bonds. The van der Waals surface area contributed by atoms with Gasteiger partial charge in [0.15, 0.2) is 0 Å². The van der Waals surface area contributed by atoms with Crippen LogP contribution in [0.2, 0.25) is 5.02 Å². The number of hydrogen-bond acceptors (Lipinski definition) is 3. The molecule has 1 aromatic heterocycles. The monoisotopic (exact) mass is 267 g/mol. The van der Waals surface area contributed by atoms with Crippen molar-refractivity contribution in [3.8, 4) is 0 Å². The van der Waals surface area contributed by atoms with Crippen LogP contribution in [0.15, 0.2) is 18.5 Å². The Bertz CT molecular complexity index is 416. The Morgan fingerprint density at radius 2 is 2.28 bits per heavy atom. The molecule has 1 aliphatic heterocycles. The molecule has 98 valence electrons. The van der Waals surface area contributed by atoms with Crippen molar-refractivity contribution >= 4 is 17.5 Å². The van der Waals surface area contributed by atoms with Crippen molar-refractivity contribution in [3.63, 3.8) is 0 Å². The molecule has 0 aliphatic carbocycles. The minimum Gasteiger partial charge on any atom is -0.349 e. The smallest absolute Gasteiger partial charge is 0.253 e. The number of carbonyl (C=O) groups is 1. The fourth-order valence-corrected chi connectivity index (χ4v) is 2.42. The fraction of sp³-hybridized carbons (Fsp3) is 0.538. The predicted octanol–water partition coefficient (Wildman–Crippen LogP) is 1.95. The van der Waals surface area contributed by atoms with E-state index < -0.39 is 0 Å². The predicted molar refractivity (Wildman–Crippen MR) is 71.8 cm³/mol. The first-order valence-corrected chi connectivity index (χ1v) is 6.71. The summed E-state index contributed by atoms with van der Waals surface area (Å²) in [4.78, 5) is 18.3. The van der Waals surface area contributed by atoms with Crippen LogP contribution in [0.4, 0.5) is 0 Å². The van der Waals surface area contributed by atoms with Gasteiger partial charge < -0.3 is 10.2 Å². The van der Waals surface area contributed by atoms with Crippen LogP contribution in [0, 0.1) is 0 Å². The van der Waals surface area contributed by atoms with Crippen molar-refractivity contribution in [3.05, 3.63) is 29.0 Å².